The van der Waals surface area contributed by atoms with Crippen LogP contribution in [0, 0.1) is 0 Å². The Balaban J connectivity index is 2.24. The fourth-order valence-corrected chi connectivity index (χ4v) is 2.59. The smallest absolute Gasteiger partial charge is 0.0471 e. The quantitative estimate of drug-likeness (QED) is 0.869. The zero-order valence-corrected chi connectivity index (χ0v) is 13.2. The molecule has 0 aliphatic heterocycles. The molecule has 1 aliphatic rings. The molecule has 0 unspecified atom stereocenters. The maximum Gasteiger partial charge on any atom is 0.0471 e. The van der Waals surface area contributed by atoms with Crippen molar-refractivity contribution in [2.24, 2.45) is 0 Å². The Hall–Kier alpha value is -0.730. The highest BCUT2D eigenvalue weighted by Gasteiger charge is 2.29. The molecule has 106 valence electrons. The van der Waals surface area contributed by atoms with Gasteiger partial charge in [0.15, 0.2) is 0 Å². The van der Waals surface area contributed by atoms with E-state index in [4.69, 9.17) is 11.6 Å². The van der Waals surface area contributed by atoms with Gasteiger partial charge < -0.3 is 10.2 Å². The Kier molecular flexibility index (Phi) is 4.42. The summed E-state index contributed by atoms with van der Waals surface area (Å²) in [6.07, 6.45) is 2.62. The van der Waals surface area contributed by atoms with Gasteiger partial charge in [-0.1, -0.05) is 17.7 Å². The van der Waals surface area contributed by atoms with Crippen molar-refractivity contribution in [2.75, 3.05) is 11.4 Å². The predicted octanol–water partition coefficient (Wildman–Crippen LogP) is 4.22. The van der Waals surface area contributed by atoms with Gasteiger partial charge >= 0.3 is 0 Å². The molecule has 0 atom stereocenters. The summed E-state index contributed by atoms with van der Waals surface area (Å²) in [6, 6.07) is 6.97. The van der Waals surface area contributed by atoms with Crippen molar-refractivity contribution in [2.45, 2.75) is 58.7 Å². The van der Waals surface area contributed by atoms with Crippen molar-refractivity contribution in [1.82, 2.24) is 5.32 Å². The summed E-state index contributed by atoms with van der Waals surface area (Å²) in [5.74, 6) is 0. The van der Waals surface area contributed by atoms with Gasteiger partial charge in [0.25, 0.3) is 0 Å². The SMILES string of the molecule is CCN(c1cccc(Cl)c1CNC(C)(C)C)C1CC1. The molecule has 0 heterocycles. The molecule has 1 aliphatic carbocycles. The lowest BCUT2D eigenvalue weighted by Crippen LogP contribution is -2.36. The van der Waals surface area contributed by atoms with Crippen LogP contribution in [-0.2, 0) is 6.54 Å². The Morgan fingerprint density at radius 2 is 2.00 bits per heavy atom. The first kappa shape index (κ1) is 14.7. The minimum atomic E-state index is 0.104. The van der Waals surface area contributed by atoms with E-state index in [0.29, 0.717) is 0 Å². The van der Waals surface area contributed by atoms with Crippen LogP contribution < -0.4 is 10.2 Å². The van der Waals surface area contributed by atoms with Gasteiger partial charge in [0, 0.05) is 40.9 Å². The summed E-state index contributed by atoms with van der Waals surface area (Å²) in [5, 5.41) is 4.42. The normalized spacial score (nSPS) is 15.6. The molecule has 1 fully saturated rings. The van der Waals surface area contributed by atoms with E-state index in [-0.39, 0.29) is 5.54 Å². The molecule has 1 saturated carbocycles. The number of hydrogen-bond donors (Lipinski definition) is 1. The number of nitrogens with one attached hydrogen (secondary N) is 1. The third-order valence-corrected chi connectivity index (χ3v) is 3.88. The topological polar surface area (TPSA) is 15.3 Å². The second-order valence-electron chi connectivity index (χ2n) is 6.36. The number of hydrogen-bond acceptors (Lipinski definition) is 2. The Bertz CT molecular complexity index is 433. The van der Waals surface area contributed by atoms with Gasteiger partial charge in [0.1, 0.15) is 0 Å². The first-order chi connectivity index (χ1) is 8.92. The molecule has 0 spiro atoms. The fourth-order valence-electron chi connectivity index (χ4n) is 2.36. The zero-order valence-electron chi connectivity index (χ0n) is 12.5. The molecule has 19 heavy (non-hydrogen) atoms. The molecule has 1 N–H and O–H groups in total. The van der Waals surface area contributed by atoms with E-state index in [0.717, 1.165) is 24.2 Å². The summed E-state index contributed by atoms with van der Waals surface area (Å²) >= 11 is 6.42. The van der Waals surface area contributed by atoms with Crippen molar-refractivity contribution in [1.29, 1.82) is 0 Å². The largest absolute Gasteiger partial charge is 0.369 e. The van der Waals surface area contributed by atoms with Gasteiger partial charge in [-0.05, 0) is 52.7 Å². The molecule has 1 aromatic rings. The molecule has 0 saturated heterocycles. The van der Waals surface area contributed by atoms with Crippen molar-refractivity contribution in [3.63, 3.8) is 0 Å². The fraction of sp³-hybridized carbons (Fsp3) is 0.625. The number of halogens is 1. The summed E-state index contributed by atoms with van der Waals surface area (Å²) in [4.78, 5) is 2.49. The molecule has 3 heteroatoms. The lowest BCUT2D eigenvalue weighted by atomic mass is 10.1. The maximum atomic E-state index is 6.42. The standard InChI is InChI=1S/C16H25ClN2/c1-5-19(12-9-10-12)15-8-6-7-14(17)13(15)11-18-16(2,3)4/h6-8,12,18H,5,9-11H2,1-4H3. The average Bonchev–Trinajstić information content (AvgIpc) is 3.12. The van der Waals surface area contributed by atoms with E-state index in [1.54, 1.807) is 0 Å². The maximum absolute atomic E-state index is 6.42. The van der Waals surface area contributed by atoms with Gasteiger partial charge in [-0.25, -0.2) is 0 Å². The van der Waals surface area contributed by atoms with Crippen LogP contribution in [0.3, 0.4) is 0 Å². The minimum Gasteiger partial charge on any atom is -0.369 e. The lowest BCUT2D eigenvalue weighted by molar-refractivity contribution is 0.424. The Morgan fingerprint density at radius 1 is 1.32 bits per heavy atom. The second-order valence-corrected chi connectivity index (χ2v) is 6.77. The third-order valence-electron chi connectivity index (χ3n) is 3.53. The molecular weight excluding hydrogens is 256 g/mol. The summed E-state index contributed by atoms with van der Waals surface area (Å²) in [6.45, 7) is 10.6. The Labute approximate surface area is 122 Å². The van der Waals surface area contributed by atoms with Crippen molar-refractivity contribution in [3.05, 3.63) is 28.8 Å². The average molecular weight is 281 g/mol. The predicted molar refractivity (Wildman–Crippen MR) is 84.1 cm³/mol. The van der Waals surface area contributed by atoms with E-state index in [2.05, 4.69) is 50.0 Å². The minimum absolute atomic E-state index is 0.104. The van der Waals surface area contributed by atoms with E-state index < -0.39 is 0 Å². The van der Waals surface area contributed by atoms with Crippen LogP contribution >= 0.6 is 11.6 Å². The molecule has 0 aromatic heterocycles. The number of benzene rings is 1. The molecule has 0 amide bonds. The van der Waals surface area contributed by atoms with E-state index in [1.807, 2.05) is 6.07 Å². The zero-order chi connectivity index (χ0) is 14.0. The molecule has 2 nitrogen and oxygen atoms in total. The van der Waals surface area contributed by atoms with Crippen molar-refractivity contribution in [3.8, 4) is 0 Å². The van der Waals surface area contributed by atoms with Crippen LogP contribution in [0.1, 0.15) is 46.1 Å². The molecule has 1 aromatic carbocycles. The second kappa shape index (κ2) is 5.72. The van der Waals surface area contributed by atoms with Crippen LogP contribution in [0.25, 0.3) is 0 Å². The van der Waals surface area contributed by atoms with Crippen LogP contribution in [0.15, 0.2) is 18.2 Å². The third kappa shape index (κ3) is 3.87. The highest BCUT2D eigenvalue weighted by atomic mass is 35.5. The van der Waals surface area contributed by atoms with Crippen LogP contribution in [-0.4, -0.2) is 18.1 Å². The van der Waals surface area contributed by atoms with Gasteiger partial charge in [-0.15, -0.1) is 0 Å². The Morgan fingerprint density at radius 3 is 2.53 bits per heavy atom. The summed E-state index contributed by atoms with van der Waals surface area (Å²) < 4.78 is 0. The monoisotopic (exact) mass is 280 g/mol. The van der Waals surface area contributed by atoms with Gasteiger partial charge in [0.2, 0.25) is 0 Å². The summed E-state index contributed by atoms with van der Waals surface area (Å²) in [7, 11) is 0. The number of nitrogens with zero attached hydrogens (tertiary/aromatic N) is 1. The van der Waals surface area contributed by atoms with Crippen LogP contribution in [0.2, 0.25) is 5.02 Å². The molecule has 0 radical (unpaired) electrons. The molecular formula is C16H25ClN2. The first-order valence-corrected chi connectivity index (χ1v) is 7.59. The lowest BCUT2D eigenvalue weighted by Gasteiger charge is -2.28. The number of rotatable bonds is 5. The van der Waals surface area contributed by atoms with E-state index >= 15 is 0 Å². The van der Waals surface area contributed by atoms with Crippen LogP contribution in [0.5, 0.6) is 0 Å². The number of anilines is 1. The highest BCUT2D eigenvalue weighted by Crippen LogP contribution is 2.35. The van der Waals surface area contributed by atoms with Gasteiger partial charge in [0.05, 0.1) is 0 Å². The van der Waals surface area contributed by atoms with Crippen molar-refractivity contribution >= 4 is 17.3 Å². The van der Waals surface area contributed by atoms with Crippen LogP contribution in [0.4, 0.5) is 5.69 Å². The molecule has 0 bridgehead atoms. The first-order valence-electron chi connectivity index (χ1n) is 7.21. The van der Waals surface area contributed by atoms with Gasteiger partial charge in [-0.2, -0.15) is 0 Å². The summed E-state index contributed by atoms with van der Waals surface area (Å²) in [5.41, 5.74) is 2.63. The highest BCUT2D eigenvalue weighted by molar-refractivity contribution is 6.31. The van der Waals surface area contributed by atoms with Gasteiger partial charge in [-0.3, -0.25) is 0 Å². The van der Waals surface area contributed by atoms with E-state index in [1.165, 1.54) is 24.1 Å². The van der Waals surface area contributed by atoms with Crippen molar-refractivity contribution < 1.29 is 0 Å². The van der Waals surface area contributed by atoms with E-state index in [9.17, 15) is 0 Å². The molecule has 2 rings (SSSR count).